The van der Waals surface area contributed by atoms with Crippen LogP contribution < -0.4 is 0 Å². The summed E-state index contributed by atoms with van der Waals surface area (Å²) in [4.78, 5) is 11.3. The molecule has 3 heterocycles. The van der Waals surface area contributed by atoms with E-state index in [1.54, 1.807) is 0 Å². The van der Waals surface area contributed by atoms with Crippen molar-refractivity contribution >= 4 is 5.97 Å². The number of ether oxygens (including phenoxy) is 4. The molecule has 18 atom stereocenters. The van der Waals surface area contributed by atoms with Gasteiger partial charge in [0.25, 0.3) is 0 Å². The first kappa shape index (κ1) is 32.5. The molecular formula is C39H62O7. The monoisotopic (exact) mass is 642 g/mol. The van der Waals surface area contributed by atoms with Crippen LogP contribution in [-0.4, -0.2) is 52.4 Å². The molecular weight excluding hydrogens is 580 g/mol. The highest BCUT2D eigenvalue weighted by Gasteiger charge is 2.72. The number of carbonyl (C=O) groups is 1. The van der Waals surface area contributed by atoms with Crippen molar-refractivity contribution in [2.45, 2.75) is 168 Å². The molecule has 8 fully saturated rings. The summed E-state index contributed by atoms with van der Waals surface area (Å²) in [5.74, 6) is 3.47. The van der Waals surface area contributed by atoms with Crippen molar-refractivity contribution in [2.75, 3.05) is 0 Å². The van der Waals surface area contributed by atoms with Crippen molar-refractivity contribution in [2.24, 2.45) is 70.0 Å². The molecule has 2 bridgehead atoms. The van der Waals surface area contributed by atoms with Gasteiger partial charge in [0.05, 0.1) is 12.2 Å². The van der Waals surface area contributed by atoms with Gasteiger partial charge in [0, 0.05) is 24.7 Å². The lowest BCUT2D eigenvalue weighted by Gasteiger charge is -2.63. The van der Waals surface area contributed by atoms with E-state index in [0.29, 0.717) is 53.3 Å². The van der Waals surface area contributed by atoms with E-state index in [4.69, 9.17) is 18.9 Å². The van der Waals surface area contributed by atoms with Gasteiger partial charge >= 0.3 is 5.97 Å². The van der Waals surface area contributed by atoms with E-state index < -0.39 is 11.8 Å². The molecule has 8 aliphatic rings. The molecule has 0 amide bonds. The van der Waals surface area contributed by atoms with Gasteiger partial charge in [0.2, 0.25) is 0 Å². The van der Waals surface area contributed by atoms with Gasteiger partial charge in [-0.3, -0.25) is 4.79 Å². The molecule has 0 aromatic heterocycles. The lowest BCUT2D eigenvalue weighted by molar-refractivity contribution is -0.348. The van der Waals surface area contributed by atoms with E-state index in [-0.39, 0.29) is 53.6 Å². The van der Waals surface area contributed by atoms with E-state index in [1.807, 2.05) is 0 Å². The van der Waals surface area contributed by atoms with E-state index in [2.05, 4.69) is 41.5 Å². The highest BCUT2D eigenvalue weighted by Crippen LogP contribution is 2.69. The van der Waals surface area contributed by atoms with Crippen LogP contribution in [0.25, 0.3) is 0 Å². The number of aliphatic hydroxyl groups excluding tert-OH is 1. The Kier molecular flexibility index (Phi) is 7.86. The first-order valence-corrected chi connectivity index (χ1v) is 19.4. The Bertz CT molecular complexity index is 1190. The van der Waals surface area contributed by atoms with Crippen molar-refractivity contribution < 1.29 is 34.0 Å². The fraction of sp³-hybridized carbons (Fsp3) is 0.974. The van der Waals surface area contributed by atoms with Crippen molar-refractivity contribution in [3.63, 3.8) is 0 Å². The topological polar surface area (TPSA) is 94.5 Å². The number of aliphatic hydroxyl groups is 1. The smallest absolute Gasteiger partial charge is 0.303 e. The van der Waals surface area contributed by atoms with Crippen LogP contribution in [0.3, 0.4) is 0 Å². The normalized spacial score (nSPS) is 57.9. The Hall–Kier alpha value is -0.730. The molecule has 260 valence electrons. The van der Waals surface area contributed by atoms with Gasteiger partial charge in [-0.2, -0.15) is 0 Å². The molecule has 0 radical (unpaired) electrons. The molecule has 46 heavy (non-hydrogen) atoms. The zero-order valence-corrected chi connectivity index (χ0v) is 29.4. The maximum atomic E-state index is 11.9. The fourth-order valence-corrected chi connectivity index (χ4v) is 14.3. The summed E-state index contributed by atoms with van der Waals surface area (Å²) in [6, 6.07) is 0. The molecule has 7 nitrogen and oxygen atoms in total. The number of aliphatic carboxylic acids is 1. The predicted octanol–water partition coefficient (Wildman–Crippen LogP) is 7.78. The number of carboxylic acid groups (broad SMARTS) is 1. The van der Waals surface area contributed by atoms with Crippen LogP contribution in [0.5, 0.6) is 0 Å². The summed E-state index contributed by atoms with van der Waals surface area (Å²) < 4.78 is 27.3. The maximum Gasteiger partial charge on any atom is 0.303 e. The van der Waals surface area contributed by atoms with Gasteiger partial charge in [0.1, 0.15) is 5.60 Å². The molecule has 8 unspecified atom stereocenters. The number of hydrogen-bond donors (Lipinski definition) is 2. The molecule has 3 saturated heterocycles. The Balaban J connectivity index is 0.955. The number of fused-ring (bicyclic) bond motifs is 6. The molecule has 2 N–H and O–H groups in total. The van der Waals surface area contributed by atoms with Crippen molar-refractivity contribution in [3.05, 3.63) is 0 Å². The summed E-state index contributed by atoms with van der Waals surface area (Å²) in [5.41, 5.74) is 0.120. The lowest BCUT2D eigenvalue weighted by atomic mass is 9.43. The minimum atomic E-state index is -0.681. The van der Waals surface area contributed by atoms with E-state index in [9.17, 15) is 15.0 Å². The van der Waals surface area contributed by atoms with Gasteiger partial charge < -0.3 is 29.2 Å². The molecule has 0 aromatic rings. The Morgan fingerprint density at radius 3 is 2.39 bits per heavy atom. The summed E-state index contributed by atoms with van der Waals surface area (Å²) >= 11 is 0. The molecule has 7 heteroatoms. The Morgan fingerprint density at radius 2 is 1.61 bits per heavy atom. The molecule has 5 saturated carbocycles. The third kappa shape index (κ3) is 4.63. The second-order valence-electron chi connectivity index (χ2n) is 18.7. The van der Waals surface area contributed by atoms with Crippen LogP contribution >= 0.6 is 0 Å². The lowest BCUT2D eigenvalue weighted by Crippen LogP contribution is -2.66. The highest BCUT2D eigenvalue weighted by atomic mass is 16.9. The van der Waals surface area contributed by atoms with Crippen LogP contribution in [0.1, 0.15) is 131 Å². The zero-order valence-electron chi connectivity index (χ0n) is 29.4. The maximum absolute atomic E-state index is 11.9. The number of rotatable bonds is 6. The third-order valence-electron chi connectivity index (χ3n) is 16.7. The highest BCUT2D eigenvalue weighted by molar-refractivity contribution is 5.66. The molecule has 8 rings (SSSR count). The van der Waals surface area contributed by atoms with Crippen molar-refractivity contribution in [1.29, 1.82) is 0 Å². The van der Waals surface area contributed by atoms with E-state index in [1.165, 1.54) is 32.1 Å². The number of carboxylic acids is 1. The second kappa shape index (κ2) is 11.1. The zero-order chi connectivity index (χ0) is 32.4. The largest absolute Gasteiger partial charge is 0.481 e. The first-order chi connectivity index (χ1) is 21.8. The average Bonchev–Trinajstić information content (AvgIpc) is 3.46. The van der Waals surface area contributed by atoms with Crippen molar-refractivity contribution in [1.82, 2.24) is 0 Å². The molecule has 5 aliphatic carbocycles. The molecule has 3 aliphatic heterocycles. The number of hydrogen-bond acceptors (Lipinski definition) is 6. The molecule has 1 spiro atoms. The summed E-state index contributed by atoms with van der Waals surface area (Å²) in [6.45, 7) is 14.2. The fourth-order valence-electron chi connectivity index (χ4n) is 14.3. The minimum Gasteiger partial charge on any atom is -0.481 e. The Labute approximate surface area is 277 Å². The molecule has 0 aromatic carbocycles. The average molecular weight is 643 g/mol. The van der Waals surface area contributed by atoms with Gasteiger partial charge in [0.15, 0.2) is 18.4 Å². The summed E-state index contributed by atoms with van der Waals surface area (Å²) in [5, 5.41) is 21.2. The second-order valence-corrected chi connectivity index (χ2v) is 18.7. The minimum absolute atomic E-state index is 0.152. The first-order valence-electron chi connectivity index (χ1n) is 19.4. The van der Waals surface area contributed by atoms with Crippen molar-refractivity contribution in [3.8, 4) is 0 Å². The van der Waals surface area contributed by atoms with Gasteiger partial charge in [-0.05, 0) is 142 Å². The van der Waals surface area contributed by atoms with Gasteiger partial charge in [-0.1, -0.05) is 34.6 Å². The van der Waals surface area contributed by atoms with Gasteiger partial charge in [-0.25, -0.2) is 0 Å². The van der Waals surface area contributed by atoms with Gasteiger partial charge in [-0.15, -0.1) is 0 Å². The van der Waals surface area contributed by atoms with E-state index in [0.717, 1.165) is 51.4 Å². The Morgan fingerprint density at radius 1 is 0.891 bits per heavy atom. The van der Waals surface area contributed by atoms with E-state index >= 15 is 0 Å². The van der Waals surface area contributed by atoms with Crippen LogP contribution in [0.2, 0.25) is 0 Å². The van der Waals surface area contributed by atoms with Crippen LogP contribution in [0.4, 0.5) is 0 Å². The van der Waals surface area contributed by atoms with Crippen LogP contribution in [0.15, 0.2) is 0 Å². The SMILES string of the molecule is C[C@H]1C(O[C@@H]2CC[C@@]3(C)C(C2)C[C@H](O)C2C3CC[C@@]3(C)C2CC[C@@H]3[C@H](C)CCC(=O)O)OC2O[C@@]3(C)CCC4[C@H](C)CCC1[C@@]24O3. The summed E-state index contributed by atoms with van der Waals surface area (Å²) in [7, 11) is 0. The quantitative estimate of drug-likeness (QED) is 0.286. The van der Waals surface area contributed by atoms with Crippen LogP contribution in [0, 0.1) is 70.0 Å². The predicted molar refractivity (Wildman–Crippen MR) is 173 cm³/mol. The third-order valence-corrected chi connectivity index (χ3v) is 16.7. The van der Waals surface area contributed by atoms with Crippen LogP contribution in [-0.2, 0) is 23.7 Å². The standard InChI is InChI=1S/C39H62O7/c1-21(8-12-32(41)42)26-10-11-29-33-30(14-17-37(26,29)5)36(4)16-13-25(19-24(36)20-31(33)40)43-34-23(3)28-9-7-22(2)27-15-18-38(6)45-35(44-34)39(27,28)46-38/h21-31,33-35,40H,7-20H2,1-6H3,(H,41,42)/t21-,22-,23-,24?,25-,26-,27?,28?,29?,30?,31+,33?,34?,35?,36+,37-,38-,39-/m1/s1. The summed E-state index contributed by atoms with van der Waals surface area (Å²) in [6.07, 6.45) is 13.7.